The highest BCUT2D eigenvalue weighted by atomic mass is 16.3. The molecule has 16 heavy (non-hydrogen) atoms. The summed E-state index contributed by atoms with van der Waals surface area (Å²) in [5, 5.41) is 9.84. The first-order valence-corrected chi connectivity index (χ1v) is 6.77. The van der Waals surface area contributed by atoms with Crippen molar-refractivity contribution in [3.8, 4) is 0 Å². The van der Waals surface area contributed by atoms with Crippen molar-refractivity contribution in [2.45, 2.75) is 44.8 Å². The highest BCUT2D eigenvalue weighted by molar-refractivity contribution is 4.81. The number of aliphatic hydroxyl groups excluding tert-OH is 1. The molecule has 0 saturated carbocycles. The molecule has 1 N–H and O–H groups in total. The maximum atomic E-state index is 9.84. The number of β-amino-alcohol motifs (C(OH)–C–C–N with tert-alkyl or cyclic N) is 1. The molecule has 0 aliphatic carbocycles. The molecule has 0 spiro atoms. The van der Waals surface area contributed by atoms with Crippen molar-refractivity contribution in [3.05, 3.63) is 0 Å². The van der Waals surface area contributed by atoms with E-state index in [4.69, 9.17) is 0 Å². The van der Waals surface area contributed by atoms with Crippen LogP contribution in [0.25, 0.3) is 0 Å². The van der Waals surface area contributed by atoms with Gasteiger partial charge in [0, 0.05) is 12.6 Å². The van der Waals surface area contributed by atoms with Crippen LogP contribution in [0.4, 0.5) is 0 Å². The Kier molecular flexibility index (Phi) is 4.22. The van der Waals surface area contributed by atoms with E-state index in [-0.39, 0.29) is 6.10 Å². The van der Waals surface area contributed by atoms with Gasteiger partial charge >= 0.3 is 0 Å². The third-order valence-corrected chi connectivity index (χ3v) is 4.45. The maximum Gasteiger partial charge on any atom is 0.0693 e. The second-order valence-electron chi connectivity index (χ2n) is 5.70. The molecular formula is C13H26N2O. The van der Waals surface area contributed by atoms with Crippen LogP contribution in [0.5, 0.6) is 0 Å². The van der Waals surface area contributed by atoms with Gasteiger partial charge in [-0.2, -0.15) is 0 Å². The third-order valence-electron chi connectivity index (χ3n) is 4.45. The van der Waals surface area contributed by atoms with Crippen molar-refractivity contribution in [2.75, 3.05) is 33.2 Å². The molecular weight excluding hydrogens is 200 g/mol. The predicted octanol–water partition coefficient (Wildman–Crippen LogP) is 1.17. The van der Waals surface area contributed by atoms with Gasteiger partial charge in [-0.25, -0.2) is 0 Å². The topological polar surface area (TPSA) is 26.7 Å². The Morgan fingerprint density at radius 3 is 2.69 bits per heavy atom. The Hall–Kier alpha value is -0.120. The van der Waals surface area contributed by atoms with Gasteiger partial charge in [0.15, 0.2) is 0 Å². The SMILES string of the molecule is CC1CCN(CCC2CCCN2C)CC1O. The minimum atomic E-state index is -0.102. The first-order chi connectivity index (χ1) is 7.66. The number of likely N-dealkylation sites (tertiary alicyclic amines) is 2. The summed E-state index contributed by atoms with van der Waals surface area (Å²) >= 11 is 0. The van der Waals surface area contributed by atoms with Crippen LogP contribution in [0.1, 0.15) is 32.6 Å². The zero-order valence-corrected chi connectivity index (χ0v) is 10.7. The van der Waals surface area contributed by atoms with E-state index in [0.29, 0.717) is 5.92 Å². The maximum absolute atomic E-state index is 9.84. The van der Waals surface area contributed by atoms with Crippen LogP contribution in [0.3, 0.4) is 0 Å². The number of rotatable bonds is 3. The lowest BCUT2D eigenvalue weighted by Gasteiger charge is -2.35. The van der Waals surface area contributed by atoms with Gasteiger partial charge in [0.25, 0.3) is 0 Å². The fraction of sp³-hybridized carbons (Fsp3) is 1.00. The lowest BCUT2D eigenvalue weighted by Crippen LogP contribution is -2.44. The van der Waals surface area contributed by atoms with Crippen molar-refractivity contribution in [1.82, 2.24) is 9.80 Å². The van der Waals surface area contributed by atoms with E-state index in [9.17, 15) is 5.11 Å². The van der Waals surface area contributed by atoms with Crippen LogP contribution in [0, 0.1) is 5.92 Å². The normalized spacial score (nSPS) is 38.1. The van der Waals surface area contributed by atoms with Crippen LogP contribution in [0.15, 0.2) is 0 Å². The largest absolute Gasteiger partial charge is 0.392 e. The molecule has 2 fully saturated rings. The van der Waals surface area contributed by atoms with Gasteiger partial charge in [-0.15, -0.1) is 0 Å². The molecule has 0 aromatic rings. The number of nitrogens with zero attached hydrogens (tertiary/aromatic N) is 2. The highest BCUT2D eigenvalue weighted by Crippen LogP contribution is 2.21. The monoisotopic (exact) mass is 226 g/mol. The quantitative estimate of drug-likeness (QED) is 0.782. The van der Waals surface area contributed by atoms with E-state index in [1.807, 2.05) is 0 Å². The molecule has 2 heterocycles. The number of hydrogen-bond donors (Lipinski definition) is 1. The molecule has 0 bridgehead atoms. The second-order valence-corrected chi connectivity index (χ2v) is 5.70. The summed E-state index contributed by atoms with van der Waals surface area (Å²) in [6.07, 6.45) is 5.05. The highest BCUT2D eigenvalue weighted by Gasteiger charge is 2.26. The standard InChI is InChI=1S/C13H26N2O/c1-11-5-8-15(10-13(11)16)9-6-12-4-3-7-14(12)2/h11-13,16H,3-10H2,1-2H3. The fourth-order valence-electron chi connectivity index (χ4n) is 2.99. The van der Waals surface area contributed by atoms with Gasteiger partial charge in [0.2, 0.25) is 0 Å². The number of piperidine rings is 1. The Balaban J connectivity index is 1.70. The van der Waals surface area contributed by atoms with Crippen LogP contribution in [-0.2, 0) is 0 Å². The first-order valence-electron chi connectivity index (χ1n) is 6.77. The molecule has 2 aliphatic heterocycles. The molecule has 2 rings (SSSR count). The molecule has 2 saturated heterocycles. The molecule has 0 aromatic heterocycles. The Bertz CT molecular complexity index is 222. The summed E-state index contributed by atoms with van der Waals surface area (Å²) < 4.78 is 0. The van der Waals surface area contributed by atoms with Crippen LogP contribution in [0.2, 0.25) is 0 Å². The minimum Gasteiger partial charge on any atom is -0.392 e. The van der Waals surface area contributed by atoms with Gasteiger partial charge in [0.1, 0.15) is 0 Å². The average molecular weight is 226 g/mol. The van der Waals surface area contributed by atoms with E-state index in [0.717, 1.165) is 19.0 Å². The van der Waals surface area contributed by atoms with Crippen molar-refractivity contribution in [3.63, 3.8) is 0 Å². The lowest BCUT2D eigenvalue weighted by atomic mass is 9.96. The van der Waals surface area contributed by atoms with E-state index in [1.165, 1.54) is 38.9 Å². The molecule has 3 nitrogen and oxygen atoms in total. The molecule has 0 radical (unpaired) electrons. The summed E-state index contributed by atoms with van der Waals surface area (Å²) in [6, 6.07) is 0.788. The van der Waals surface area contributed by atoms with Gasteiger partial charge in [0.05, 0.1) is 6.10 Å². The minimum absolute atomic E-state index is 0.102. The Morgan fingerprint density at radius 2 is 2.06 bits per heavy atom. The molecule has 0 amide bonds. The molecule has 0 aromatic carbocycles. The van der Waals surface area contributed by atoms with Crippen LogP contribution < -0.4 is 0 Å². The summed E-state index contributed by atoms with van der Waals surface area (Å²) in [5.41, 5.74) is 0. The van der Waals surface area contributed by atoms with Crippen molar-refractivity contribution < 1.29 is 5.11 Å². The molecule has 3 atom stereocenters. The summed E-state index contributed by atoms with van der Waals surface area (Å²) in [6.45, 7) is 6.65. The zero-order chi connectivity index (χ0) is 11.5. The Morgan fingerprint density at radius 1 is 1.25 bits per heavy atom. The lowest BCUT2D eigenvalue weighted by molar-refractivity contribution is 0.0266. The second kappa shape index (κ2) is 5.48. The summed E-state index contributed by atoms with van der Waals surface area (Å²) in [5.74, 6) is 0.491. The smallest absolute Gasteiger partial charge is 0.0693 e. The molecule has 3 unspecified atom stereocenters. The van der Waals surface area contributed by atoms with Crippen molar-refractivity contribution in [1.29, 1.82) is 0 Å². The fourth-order valence-corrected chi connectivity index (χ4v) is 2.99. The first kappa shape index (κ1) is 12.3. The predicted molar refractivity (Wildman–Crippen MR) is 66.5 cm³/mol. The van der Waals surface area contributed by atoms with Crippen LogP contribution in [-0.4, -0.2) is 60.3 Å². The van der Waals surface area contributed by atoms with Crippen molar-refractivity contribution >= 4 is 0 Å². The third kappa shape index (κ3) is 2.96. The molecule has 2 aliphatic rings. The number of aliphatic hydroxyl groups is 1. The number of hydrogen-bond acceptors (Lipinski definition) is 3. The average Bonchev–Trinajstić information content (AvgIpc) is 2.66. The molecule has 3 heteroatoms. The summed E-state index contributed by atoms with van der Waals surface area (Å²) in [7, 11) is 2.24. The van der Waals surface area contributed by atoms with Gasteiger partial charge in [-0.05, 0) is 58.3 Å². The van der Waals surface area contributed by atoms with Gasteiger partial charge in [-0.3, -0.25) is 0 Å². The zero-order valence-electron chi connectivity index (χ0n) is 10.7. The van der Waals surface area contributed by atoms with E-state index >= 15 is 0 Å². The van der Waals surface area contributed by atoms with E-state index in [2.05, 4.69) is 23.8 Å². The Labute approximate surface area is 99.4 Å². The van der Waals surface area contributed by atoms with Crippen LogP contribution >= 0.6 is 0 Å². The van der Waals surface area contributed by atoms with E-state index < -0.39 is 0 Å². The van der Waals surface area contributed by atoms with E-state index in [1.54, 1.807) is 0 Å². The van der Waals surface area contributed by atoms with Gasteiger partial charge < -0.3 is 14.9 Å². The summed E-state index contributed by atoms with van der Waals surface area (Å²) in [4.78, 5) is 4.93. The van der Waals surface area contributed by atoms with Crippen molar-refractivity contribution in [2.24, 2.45) is 5.92 Å². The molecule has 94 valence electrons. The van der Waals surface area contributed by atoms with Gasteiger partial charge in [-0.1, -0.05) is 6.92 Å².